The summed E-state index contributed by atoms with van der Waals surface area (Å²) in [5.41, 5.74) is 6.37. The minimum absolute atomic E-state index is 0.215. The number of benzene rings is 1. The van der Waals surface area contributed by atoms with Gasteiger partial charge in [-0.3, -0.25) is 0 Å². The lowest BCUT2D eigenvalue weighted by Gasteiger charge is -2.30. The molecule has 2 N–H and O–H groups in total. The highest BCUT2D eigenvalue weighted by Crippen LogP contribution is 2.28. The highest BCUT2D eigenvalue weighted by Gasteiger charge is 2.26. The number of halogens is 1. The van der Waals surface area contributed by atoms with E-state index in [1.165, 1.54) is 10.6 Å². The van der Waals surface area contributed by atoms with Crippen LogP contribution in [0, 0.1) is 5.92 Å². The first-order valence-electron chi connectivity index (χ1n) is 6.49. The van der Waals surface area contributed by atoms with Gasteiger partial charge in [0.1, 0.15) is 5.75 Å². The van der Waals surface area contributed by atoms with Crippen LogP contribution >= 0.6 is 15.9 Å². The van der Waals surface area contributed by atoms with Gasteiger partial charge in [-0.05, 0) is 40.9 Å². The lowest BCUT2D eigenvalue weighted by atomic mass is 10.0. The number of sulfonamides is 1. The number of nitrogens with zero attached hydrogens (tertiary/aromatic N) is 1. The summed E-state index contributed by atoms with van der Waals surface area (Å²) in [6.07, 6.45) is 3.11. The van der Waals surface area contributed by atoms with E-state index in [1.807, 2.05) is 6.07 Å². The number of ether oxygens (including phenoxy) is 1. The molecular weight excluding hydrogens is 344 g/mol. The molecule has 1 unspecified atom stereocenters. The van der Waals surface area contributed by atoms with Gasteiger partial charge in [-0.2, -0.15) is 0 Å². The summed E-state index contributed by atoms with van der Waals surface area (Å²) in [5, 5.41) is 0. The average Bonchev–Trinajstić information content (AvgIpc) is 2.39. The van der Waals surface area contributed by atoms with Crippen molar-refractivity contribution < 1.29 is 13.2 Å². The first-order valence-corrected chi connectivity index (χ1v) is 9.13. The maximum atomic E-state index is 11.6. The first kappa shape index (κ1) is 15.6. The maximum Gasteiger partial charge on any atom is 0.211 e. The third kappa shape index (κ3) is 4.10. The zero-order chi connectivity index (χ0) is 14.8. The van der Waals surface area contributed by atoms with Crippen molar-refractivity contribution >= 4 is 31.6 Å². The summed E-state index contributed by atoms with van der Waals surface area (Å²) in [4.78, 5) is 0. The van der Waals surface area contributed by atoms with Crippen LogP contribution in [0.4, 0.5) is 5.69 Å². The number of rotatable bonds is 4. The summed E-state index contributed by atoms with van der Waals surface area (Å²) in [5.74, 6) is 0.910. The van der Waals surface area contributed by atoms with Crippen LogP contribution < -0.4 is 10.5 Å². The fourth-order valence-corrected chi connectivity index (χ4v) is 3.61. The molecule has 5 nitrogen and oxygen atoms in total. The van der Waals surface area contributed by atoms with E-state index in [9.17, 15) is 8.42 Å². The normalized spacial score (nSPS) is 20.8. The van der Waals surface area contributed by atoms with Gasteiger partial charge in [0.25, 0.3) is 0 Å². The van der Waals surface area contributed by atoms with Crippen molar-refractivity contribution in [2.24, 2.45) is 5.92 Å². The lowest BCUT2D eigenvalue weighted by molar-refractivity contribution is 0.180. The molecule has 1 atom stereocenters. The molecule has 1 saturated heterocycles. The molecular formula is C13H19BrN2O3S. The molecule has 0 spiro atoms. The van der Waals surface area contributed by atoms with E-state index in [2.05, 4.69) is 15.9 Å². The molecule has 1 heterocycles. The number of nitrogens with two attached hydrogens (primary N) is 1. The largest absolute Gasteiger partial charge is 0.492 e. The Kier molecular flexibility index (Phi) is 4.93. The zero-order valence-electron chi connectivity index (χ0n) is 11.4. The third-order valence-corrected chi connectivity index (χ3v) is 5.31. The Balaban J connectivity index is 1.95. The quantitative estimate of drug-likeness (QED) is 0.832. The monoisotopic (exact) mass is 362 g/mol. The van der Waals surface area contributed by atoms with Crippen LogP contribution in [0.5, 0.6) is 5.75 Å². The van der Waals surface area contributed by atoms with Crippen molar-refractivity contribution in [3.63, 3.8) is 0 Å². The minimum atomic E-state index is -3.11. The van der Waals surface area contributed by atoms with Crippen molar-refractivity contribution in [3.05, 3.63) is 22.7 Å². The number of hydrogen-bond acceptors (Lipinski definition) is 4. The van der Waals surface area contributed by atoms with Crippen molar-refractivity contribution in [2.45, 2.75) is 12.8 Å². The van der Waals surface area contributed by atoms with Crippen LogP contribution in [0.15, 0.2) is 22.7 Å². The lowest BCUT2D eigenvalue weighted by Crippen LogP contribution is -2.40. The first-order chi connectivity index (χ1) is 9.36. The van der Waals surface area contributed by atoms with Gasteiger partial charge in [-0.25, -0.2) is 12.7 Å². The van der Waals surface area contributed by atoms with Crippen LogP contribution in [0.1, 0.15) is 12.8 Å². The molecule has 1 aromatic rings. The summed E-state index contributed by atoms with van der Waals surface area (Å²) in [6.45, 7) is 1.63. The zero-order valence-corrected chi connectivity index (χ0v) is 13.8. The molecule has 20 heavy (non-hydrogen) atoms. The number of hydrogen-bond donors (Lipinski definition) is 1. The molecule has 0 amide bonds. The topological polar surface area (TPSA) is 72.6 Å². The summed E-state index contributed by atoms with van der Waals surface area (Å²) < 4.78 is 31.3. The smallest absolute Gasteiger partial charge is 0.211 e. The van der Waals surface area contributed by atoms with Crippen molar-refractivity contribution in [3.8, 4) is 5.75 Å². The number of nitrogen functional groups attached to an aromatic ring is 1. The number of piperidine rings is 1. The molecule has 0 aromatic heterocycles. The third-order valence-electron chi connectivity index (χ3n) is 3.38. The van der Waals surface area contributed by atoms with E-state index in [-0.39, 0.29) is 5.92 Å². The van der Waals surface area contributed by atoms with Crippen LogP contribution in [0.2, 0.25) is 0 Å². The van der Waals surface area contributed by atoms with Crippen molar-refractivity contribution in [2.75, 3.05) is 31.7 Å². The Morgan fingerprint density at radius 3 is 2.95 bits per heavy atom. The molecule has 1 fully saturated rings. The summed E-state index contributed by atoms with van der Waals surface area (Å²) >= 11 is 3.41. The molecule has 0 saturated carbocycles. The van der Waals surface area contributed by atoms with E-state index < -0.39 is 10.0 Å². The van der Waals surface area contributed by atoms with E-state index in [0.29, 0.717) is 31.1 Å². The molecule has 7 heteroatoms. The second-order valence-electron chi connectivity index (χ2n) is 5.13. The van der Waals surface area contributed by atoms with Crippen molar-refractivity contribution in [1.82, 2.24) is 4.31 Å². The van der Waals surface area contributed by atoms with Gasteiger partial charge in [0, 0.05) is 30.8 Å². The molecule has 0 bridgehead atoms. The molecule has 0 aliphatic carbocycles. The molecule has 112 valence electrons. The Morgan fingerprint density at radius 1 is 1.50 bits per heavy atom. The van der Waals surface area contributed by atoms with Crippen molar-refractivity contribution in [1.29, 1.82) is 0 Å². The van der Waals surface area contributed by atoms with E-state index in [4.69, 9.17) is 10.5 Å². The average molecular weight is 363 g/mol. The maximum absolute atomic E-state index is 11.6. The second-order valence-corrected chi connectivity index (χ2v) is 7.97. The molecule has 0 radical (unpaired) electrons. The Bertz CT molecular complexity index is 577. The second kappa shape index (κ2) is 6.32. The minimum Gasteiger partial charge on any atom is -0.492 e. The van der Waals surface area contributed by atoms with E-state index >= 15 is 0 Å². The fraction of sp³-hybridized carbons (Fsp3) is 0.538. The van der Waals surface area contributed by atoms with Gasteiger partial charge in [-0.1, -0.05) is 0 Å². The Hall–Kier alpha value is -0.790. The summed E-state index contributed by atoms with van der Waals surface area (Å²) in [6, 6.07) is 5.40. The molecule has 2 rings (SSSR count). The van der Waals surface area contributed by atoms with Crippen LogP contribution in [-0.4, -0.2) is 38.7 Å². The summed E-state index contributed by atoms with van der Waals surface area (Å²) in [7, 11) is -3.11. The standard InChI is InChI=1S/C13H19BrN2O3S/c1-20(17,18)16-6-2-3-10(8-16)9-19-13-7-11(15)4-5-12(13)14/h4-5,7,10H,2-3,6,8-9,15H2,1H3. The van der Waals surface area contributed by atoms with Crippen LogP contribution in [0.25, 0.3) is 0 Å². The predicted molar refractivity (Wildman–Crippen MR) is 83.2 cm³/mol. The fourth-order valence-electron chi connectivity index (χ4n) is 2.30. The van der Waals surface area contributed by atoms with Gasteiger partial charge in [-0.15, -0.1) is 0 Å². The van der Waals surface area contributed by atoms with E-state index in [1.54, 1.807) is 12.1 Å². The van der Waals surface area contributed by atoms with Gasteiger partial charge < -0.3 is 10.5 Å². The number of anilines is 1. The highest BCUT2D eigenvalue weighted by molar-refractivity contribution is 9.10. The predicted octanol–water partition coefficient (Wildman–Crippen LogP) is 2.08. The molecule has 1 aliphatic heterocycles. The Labute approximate surface area is 128 Å². The molecule has 1 aliphatic rings. The Morgan fingerprint density at radius 2 is 2.25 bits per heavy atom. The van der Waals surface area contributed by atoms with Crippen LogP contribution in [0.3, 0.4) is 0 Å². The van der Waals surface area contributed by atoms with Gasteiger partial charge in [0.2, 0.25) is 10.0 Å². The SMILES string of the molecule is CS(=O)(=O)N1CCCC(COc2cc(N)ccc2Br)C1. The van der Waals surface area contributed by atoms with Gasteiger partial charge in [0.15, 0.2) is 0 Å². The molecule has 1 aromatic carbocycles. The van der Waals surface area contributed by atoms with Crippen LogP contribution in [-0.2, 0) is 10.0 Å². The van der Waals surface area contributed by atoms with Gasteiger partial charge in [0.05, 0.1) is 17.3 Å². The van der Waals surface area contributed by atoms with Gasteiger partial charge >= 0.3 is 0 Å². The van der Waals surface area contributed by atoms with E-state index in [0.717, 1.165) is 17.3 Å². The highest BCUT2D eigenvalue weighted by atomic mass is 79.9.